The van der Waals surface area contributed by atoms with Crippen molar-refractivity contribution in [2.24, 2.45) is 0 Å². The Kier molecular flexibility index (Phi) is 6.65. The molecule has 0 radical (unpaired) electrons. The highest BCUT2D eigenvalue weighted by atomic mass is 32.2. The number of nitrogens with one attached hydrogen (secondary N) is 1. The fraction of sp³-hybridized carbons (Fsp3) is 0.261. The van der Waals surface area contributed by atoms with Gasteiger partial charge in [0.2, 0.25) is 5.91 Å². The molecule has 1 amide bonds. The molecule has 0 saturated carbocycles. The number of amides is 1. The van der Waals surface area contributed by atoms with Gasteiger partial charge in [-0.25, -0.2) is 4.68 Å². The number of aryl methyl sites for hydroxylation is 2. The highest BCUT2D eigenvalue weighted by molar-refractivity contribution is 7.84. The van der Waals surface area contributed by atoms with Gasteiger partial charge in [0, 0.05) is 40.9 Å². The van der Waals surface area contributed by atoms with E-state index in [1.54, 1.807) is 6.20 Å². The quantitative estimate of drug-likeness (QED) is 0.422. The molecule has 9 heteroatoms. The maximum absolute atomic E-state index is 12.8. The van der Waals surface area contributed by atoms with Gasteiger partial charge in [0.15, 0.2) is 0 Å². The van der Waals surface area contributed by atoms with E-state index in [4.69, 9.17) is 4.52 Å². The fourth-order valence-electron chi connectivity index (χ4n) is 3.59. The Labute approximate surface area is 188 Å². The lowest BCUT2D eigenvalue weighted by Gasteiger charge is -2.11. The second-order valence-electron chi connectivity index (χ2n) is 7.46. The Morgan fingerprint density at radius 2 is 1.88 bits per heavy atom. The SMILES string of the molecule is Cc1noc(C)c1CCNC(=O)CS(=O)Cc1cnn(-c2ccccc2)c1-n1cccc1. The van der Waals surface area contributed by atoms with Crippen molar-refractivity contribution in [1.82, 2.24) is 24.8 Å². The third kappa shape index (κ3) is 4.88. The molecule has 1 N–H and O–H groups in total. The van der Waals surface area contributed by atoms with Gasteiger partial charge in [0.25, 0.3) is 0 Å². The summed E-state index contributed by atoms with van der Waals surface area (Å²) in [5.74, 6) is 1.50. The molecule has 166 valence electrons. The molecule has 3 heterocycles. The largest absolute Gasteiger partial charge is 0.361 e. The standard InChI is InChI=1S/C23H25N5O3S/c1-17-21(18(2)31-26-17)10-11-24-22(29)16-32(30)15-19-14-25-28(20-8-4-3-5-9-20)23(19)27-12-6-7-13-27/h3-9,12-14H,10-11,15-16H2,1-2H3,(H,24,29). The number of carbonyl (C=O) groups excluding carboxylic acids is 1. The van der Waals surface area contributed by atoms with Crippen LogP contribution in [0.1, 0.15) is 22.6 Å². The first-order chi connectivity index (χ1) is 15.5. The van der Waals surface area contributed by atoms with Crippen molar-refractivity contribution >= 4 is 16.7 Å². The van der Waals surface area contributed by atoms with E-state index in [0.29, 0.717) is 13.0 Å². The van der Waals surface area contributed by atoms with Gasteiger partial charge in [-0.2, -0.15) is 5.10 Å². The van der Waals surface area contributed by atoms with Crippen molar-refractivity contribution in [3.05, 3.63) is 83.6 Å². The van der Waals surface area contributed by atoms with Crippen LogP contribution < -0.4 is 5.32 Å². The summed E-state index contributed by atoms with van der Waals surface area (Å²) < 4.78 is 21.7. The molecule has 0 aliphatic rings. The fourth-order valence-corrected chi connectivity index (χ4v) is 4.64. The summed E-state index contributed by atoms with van der Waals surface area (Å²) in [6, 6.07) is 13.6. The number of hydrogen-bond acceptors (Lipinski definition) is 5. The van der Waals surface area contributed by atoms with Gasteiger partial charge in [-0.05, 0) is 44.5 Å². The molecule has 0 aliphatic carbocycles. The predicted octanol–water partition coefficient (Wildman–Crippen LogP) is 2.88. The lowest BCUT2D eigenvalue weighted by Crippen LogP contribution is -2.30. The minimum absolute atomic E-state index is 0.0662. The van der Waals surface area contributed by atoms with Gasteiger partial charge in [0.1, 0.15) is 17.3 Å². The zero-order valence-electron chi connectivity index (χ0n) is 18.0. The second-order valence-corrected chi connectivity index (χ2v) is 8.92. The summed E-state index contributed by atoms with van der Waals surface area (Å²) in [5, 5.41) is 11.3. The van der Waals surface area contributed by atoms with E-state index in [9.17, 15) is 9.00 Å². The maximum atomic E-state index is 12.8. The molecule has 0 fully saturated rings. The van der Waals surface area contributed by atoms with Crippen LogP contribution >= 0.6 is 0 Å². The van der Waals surface area contributed by atoms with Crippen LogP contribution in [0.3, 0.4) is 0 Å². The molecule has 3 aromatic heterocycles. The molecule has 8 nitrogen and oxygen atoms in total. The number of rotatable bonds is 9. The van der Waals surface area contributed by atoms with E-state index in [0.717, 1.165) is 34.1 Å². The van der Waals surface area contributed by atoms with Crippen LogP contribution in [0.2, 0.25) is 0 Å². The molecule has 0 saturated heterocycles. The summed E-state index contributed by atoms with van der Waals surface area (Å²) in [4.78, 5) is 12.3. The van der Waals surface area contributed by atoms with Crippen LogP contribution in [0.25, 0.3) is 11.5 Å². The van der Waals surface area contributed by atoms with Gasteiger partial charge in [-0.1, -0.05) is 23.4 Å². The van der Waals surface area contributed by atoms with Crippen LogP contribution in [-0.2, 0) is 27.8 Å². The Morgan fingerprint density at radius 3 is 2.56 bits per heavy atom. The van der Waals surface area contributed by atoms with Crippen molar-refractivity contribution in [2.45, 2.75) is 26.0 Å². The van der Waals surface area contributed by atoms with Crippen LogP contribution in [0.5, 0.6) is 0 Å². The zero-order valence-corrected chi connectivity index (χ0v) is 18.8. The summed E-state index contributed by atoms with van der Waals surface area (Å²) in [5.41, 5.74) is 3.54. The normalized spacial score (nSPS) is 12.1. The van der Waals surface area contributed by atoms with Crippen LogP contribution in [0, 0.1) is 13.8 Å². The second kappa shape index (κ2) is 9.78. The number of aromatic nitrogens is 4. The molecule has 1 atom stereocenters. The summed E-state index contributed by atoms with van der Waals surface area (Å²) in [6.07, 6.45) is 6.19. The molecule has 4 aromatic rings. The summed E-state index contributed by atoms with van der Waals surface area (Å²) in [6.45, 7) is 4.17. The van der Waals surface area contributed by atoms with Crippen molar-refractivity contribution in [1.29, 1.82) is 0 Å². The van der Waals surface area contributed by atoms with E-state index < -0.39 is 10.8 Å². The van der Waals surface area contributed by atoms with Crippen molar-refractivity contribution in [3.63, 3.8) is 0 Å². The number of nitrogens with zero attached hydrogens (tertiary/aromatic N) is 4. The van der Waals surface area contributed by atoms with Crippen LogP contribution in [-0.4, -0.2) is 41.9 Å². The van der Waals surface area contributed by atoms with Crippen molar-refractivity contribution < 1.29 is 13.5 Å². The Balaban J connectivity index is 1.41. The first-order valence-corrected chi connectivity index (χ1v) is 11.8. The molecule has 32 heavy (non-hydrogen) atoms. The minimum atomic E-state index is -1.37. The predicted molar refractivity (Wildman–Crippen MR) is 122 cm³/mol. The third-order valence-electron chi connectivity index (χ3n) is 5.15. The van der Waals surface area contributed by atoms with Crippen molar-refractivity contribution in [3.8, 4) is 11.5 Å². The number of hydrogen-bond donors (Lipinski definition) is 1. The highest BCUT2D eigenvalue weighted by Gasteiger charge is 2.18. The van der Waals surface area contributed by atoms with Gasteiger partial charge < -0.3 is 14.4 Å². The Hall–Kier alpha value is -3.46. The number of benzene rings is 1. The van der Waals surface area contributed by atoms with Gasteiger partial charge in [-0.15, -0.1) is 0 Å². The molecule has 0 bridgehead atoms. The zero-order chi connectivity index (χ0) is 22.5. The number of para-hydroxylation sites is 1. The molecule has 4 rings (SSSR count). The first kappa shape index (κ1) is 21.8. The smallest absolute Gasteiger partial charge is 0.232 e. The third-order valence-corrected chi connectivity index (χ3v) is 6.37. The average molecular weight is 452 g/mol. The minimum Gasteiger partial charge on any atom is -0.361 e. The van der Waals surface area contributed by atoms with E-state index >= 15 is 0 Å². The molecular formula is C23H25N5O3S. The first-order valence-electron chi connectivity index (χ1n) is 10.3. The molecule has 0 spiro atoms. The van der Waals surface area contributed by atoms with Crippen LogP contribution in [0.15, 0.2) is 65.6 Å². The van der Waals surface area contributed by atoms with E-state index in [1.165, 1.54) is 0 Å². The highest BCUT2D eigenvalue weighted by Crippen LogP contribution is 2.21. The summed E-state index contributed by atoms with van der Waals surface area (Å²) in [7, 11) is -1.37. The van der Waals surface area contributed by atoms with Gasteiger partial charge in [-0.3, -0.25) is 9.00 Å². The monoisotopic (exact) mass is 451 g/mol. The van der Waals surface area contributed by atoms with E-state index in [2.05, 4.69) is 15.6 Å². The van der Waals surface area contributed by atoms with Gasteiger partial charge in [0.05, 0.1) is 23.3 Å². The topological polar surface area (TPSA) is 95.0 Å². The Morgan fingerprint density at radius 1 is 1.12 bits per heavy atom. The average Bonchev–Trinajstić information content (AvgIpc) is 3.51. The summed E-state index contributed by atoms with van der Waals surface area (Å²) >= 11 is 0. The Bertz CT molecular complexity index is 1190. The number of carbonyl (C=O) groups is 1. The molecule has 0 aliphatic heterocycles. The van der Waals surface area contributed by atoms with Gasteiger partial charge >= 0.3 is 0 Å². The van der Waals surface area contributed by atoms with E-state index in [1.807, 2.05) is 78.0 Å². The van der Waals surface area contributed by atoms with E-state index in [-0.39, 0.29) is 17.4 Å². The van der Waals surface area contributed by atoms with Crippen molar-refractivity contribution in [2.75, 3.05) is 12.3 Å². The lowest BCUT2D eigenvalue weighted by molar-refractivity contribution is -0.118. The maximum Gasteiger partial charge on any atom is 0.232 e. The lowest BCUT2D eigenvalue weighted by atomic mass is 10.1. The molecule has 1 aromatic carbocycles. The van der Waals surface area contributed by atoms with Crippen LogP contribution in [0.4, 0.5) is 0 Å². The molecular weight excluding hydrogens is 426 g/mol. The molecule has 1 unspecified atom stereocenters.